The lowest BCUT2D eigenvalue weighted by molar-refractivity contribution is -0.709. The number of amides is 1. The lowest BCUT2D eigenvalue weighted by Crippen LogP contribution is -2.91. The smallest absolute Gasteiger partial charge is 0.282 e. The molecule has 0 saturated carbocycles. The van der Waals surface area contributed by atoms with Gasteiger partial charge in [0, 0.05) is 0 Å². The summed E-state index contributed by atoms with van der Waals surface area (Å²) in [5, 5.41) is 4.54. The van der Waals surface area contributed by atoms with Crippen molar-refractivity contribution in [2.75, 3.05) is 12.4 Å². The summed E-state index contributed by atoms with van der Waals surface area (Å²) in [5.41, 5.74) is 1.21. The van der Waals surface area contributed by atoms with Crippen LogP contribution in [0, 0.1) is 5.82 Å². The molecule has 0 spiro atoms. The first-order chi connectivity index (χ1) is 11.0. The van der Waals surface area contributed by atoms with Crippen molar-refractivity contribution in [3.63, 3.8) is 0 Å². The van der Waals surface area contributed by atoms with Crippen LogP contribution in [0.2, 0.25) is 0 Å². The van der Waals surface area contributed by atoms with Crippen LogP contribution in [0.1, 0.15) is 25.5 Å². The molecule has 0 heterocycles. The molecule has 0 bridgehead atoms. The molecule has 2 aromatic rings. The van der Waals surface area contributed by atoms with Crippen molar-refractivity contribution in [2.24, 2.45) is 0 Å². The van der Waals surface area contributed by atoms with Gasteiger partial charge in [-0.15, -0.1) is 0 Å². The highest BCUT2D eigenvalue weighted by atomic mass is 19.1. The zero-order chi connectivity index (χ0) is 16.8. The SMILES string of the molecule is COc1ccccc1[C@H](C)[NH2+][C@@H](C)C(=O)Nc1ccccc1F. The van der Waals surface area contributed by atoms with E-state index in [0.29, 0.717) is 0 Å². The third-order valence-electron chi connectivity index (χ3n) is 3.75. The molecular formula is C18H22FN2O2+. The molecule has 3 N–H and O–H groups in total. The summed E-state index contributed by atoms with van der Waals surface area (Å²) < 4.78 is 18.9. The number of carbonyl (C=O) groups excluding carboxylic acids is 1. The van der Waals surface area contributed by atoms with Crippen LogP contribution in [0.4, 0.5) is 10.1 Å². The largest absolute Gasteiger partial charge is 0.496 e. The van der Waals surface area contributed by atoms with Gasteiger partial charge in [-0.1, -0.05) is 24.3 Å². The van der Waals surface area contributed by atoms with E-state index in [1.165, 1.54) is 6.07 Å². The van der Waals surface area contributed by atoms with Crippen molar-refractivity contribution < 1.29 is 19.2 Å². The molecule has 0 saturated heterocycles. The molecule has 0 aliphatic heterocycles. The summed E-state index contributed by atoms with van der Waals surface area (Å²) in [5.74, 6) is 0.112. The minimum absolute atomic E-state index is 0.0347. The van der Waals surface area contributed by atoms with E-state index in [-0.39, 0.29) is 23.7 Å². The molecule has 0 aliphatic rings. The fraction of sp³-hybridized carbons (Fsp3) is 0.278. The number of benzene rings is 2. The monoisotopic (exact) mass is 317 g/mol. The first kappa shape index (κ1) is 17.0. The molecule has 0 unspecified atom stereocenters. The number of ether oxygens (including phenoxy) is 1. The summed E-state index contributed by atoms with van der Waals surface area (Å²) in [4.78, 5) is 12.2. The van der Waals surface area contributed by atoms with Crippen molar-refractivity contribution >= 4 is 11.6 Å². The van der Waals surface area contributed by atoms with E-state index in [1.807, 2.05) is 36.5 Å². The molecule has 1 amide bonds. The van der Waals surface area contributed by atoms with E-state index in [9.17, 15) is 9.18 Å². The molecule has 2 aromatic carbocycles. The summed E-state index contributed by atoms with van der Waals surface area (Å²) in [6, 6.07) is 13.5. The number of nitrogens with one attached hydrogen (secondary N) is 1. The Hall–Kier alpha value is -2.40. The summed E-state index contributed by atoms with van der Waals surface area (Å²) in [6.45, 7) is 3.80. The molecule has 2 rings (SSSR count). The first-order valence-electron chi connectivity index (χ1n) is 7.56. The zero-order valence-electron chi connectivity index (χ0n) is 13.5. The maximum absolute atomic E-state index is 13.6. The molecule has 122 valence electrons. The van der Waals surface area contributed by atoms with Gasteiger partial charge in [0.05, 0.1) is 18.4 Å². The average molecular weight is 317 g/mol. The number of quaternary nitrogens is 1. The fourth-order valence-corrected chi connectivity index (χ4v) is 2.48. The number of hydrogen-bond donors (Lipinski definition) is 2. The van der Waals surface area contributed by atoms with Gasteiger partial charge in [0.1, 0.15) is 17.6 Å². The minimum Gasteiger partial charge on any atom is -0.496 e. The van der Waals surface area contributed by atoms with Crippen molar-refractivity contribution in [2.45, 2.75) is 25.9 Å². The number of hydrogen-bond acceptors (Lipinski definition) is 2. The molecule has 0 radical (unpaired) electrons. The van der Waals surface area contributed by atoms with E-state index in [0.717, 1.165) is 11.3 Å². The van der Waals surface area contributed by atoms with E-state index < -0.39 is 5.82 Å². The second-order valence-electron chi connectivity index (χ2n) is 5.48. The number of rotatable bonds is 6. The van der Waals surface area contributed by atoms with Gasteiger partial charge in [-0.2, -0.15) is 0 Å². The van der Waals surface area contributed by atoms with E-state index in [2.05, 4.69) is 5.32 Å². The number of methoxy groups -OCH3 is 1. The summed E-state index contributed by atoms with van der Waals surface area (Å²) >= 11 is 0. The second kappa shape index (κ2) is 7.74. The second-order valence-corrected chi connectivity index (χ2v) is 5.48. The van der Waals surface area contributed by atoms with Gasteiger partial charge in [-0.25, -0.2) is 4.39 Å². The molecule has 2 atom stereocenters. The van der Waals surface area contributed by atoms with Crippen molar-refractivity contribution in [3.05, 3.63) is 59.9 Å². The van der Waals surface area contributed by atoms with Gasteiger partial charge in [-0.3, -0.25) is 4.79 Å². The van der Waals surface area contributed by atoms with Crippen LogP contribution in [0.5, 0.6) is 5.75 Å². The number of carbonyl (C=O) groups is 1. The highest BCUT2D eigenvalue weighted by Gasteiger charge is 2.22. The van der Waals surface area contributed by atoms with Crippen molar-refractivity contribution in [3.8, 4) is 5.75 Å². The number of halogens is 1. The third kappa shape index (κ3) is 4.29. The number of anilines is 1. The molecule has 23 heavy (non-hydrogen) atoms. The summed E-state index contributed by atoms with van der Waals surface area (Å²) in [7, 11) is 1.62. The lowest BCUT2D eigenvalue weighted by atomic mass is 10.1. The Labute approximate surface area is 135 Å². The van der Waals surface area contributed by atoms with Gasteiger partial charge in [0.15, 0.2) is 6.04 Å². The predicted octanol–water partition coefficient (Wildman–Crippen LogP) is 2.49. The number of nitrogens with two attached hydrogens (primary N) is 1. The summed E-state index contributed by atoms with van der Waals surface area (Å²) in [6.07, 6.45) is 0. The Kier molecular flexibility index (Phi) is 5.71. The lowest BCUT2D eigenvalue weighted by Gasteiger charge is -2.18. The van der Waals surface area contributed by atoms with E-state index in [4.69, 9.17) is 4.74 Å². The van der Waals surface area contributed by atoms with Crippen LogP contribution in [0.25, 0.3) is 0 Å². The minimum atomic E-state index is -0.439. The van der Waals surface area contributed by atoms with Gasteiger partial charge in [0.2, 0.25) is 0 Å². The van der Waals surface area contributed by atoms with Crippen molar-refractivity contribution in [1.29, 1.82) is 0 Å². The molecule has 4 nitrogen and oxygen atoms in total. The first-order valence-corrected chi connectivity index (χ1v) is 7.56. The maximum atomic E-state index is 13.6. The van der Waals surface area contributed by atoms with Crippen LogP contribution < -0.4 is 15.4 Å². The van der Waals surface area contributed by atoms with E-state index >= 15 is 0 Å². The number of para-hydroxylation sites is 2. The van der Waals surface area contributed by atoms with Crippen molar-refractivity contribution in [1.82, 2.24) is 0 Å². The van der Waals surface area contributed by atoms with Gasteiger partial charge in [0.25, 0.3) is 5.91 Å². The topological polar surface area (TPSA) is 54.9 Å². The van der Waals surface area contributed by atoms with Crippen LogP contribution in [-0.2, 0) is 4.79 Å². The van der Waals surface area contributed by atoms with Crippen LogP contribution >= 0.6 is 0 Å². The third-order valence-corrected chi connectivity index (χ3v) is 3.75. The molecule has 0 aromatic heterocycles. The Morgan fingerprint density at radius 2 is 1.78 bits per heavy atom. The Balaban J connectivity index is 2.02. The maximum Gasteiger partial charge on any atom is 0.282 e. The Morgan fingerprint density at radius 3 is 2.48 bits per heavy atom. The molecule has 0 fully saturated rings. The van der Waals surface area contributed by atoms with Crippen LogP contribution in [-0.4, -0.2) is 19.1 Å². The zero-order valence-corrected chi connectivity index (χ0v) is 13.5. The molecule has 0 aliphatic carbocycles. The molecular weight excluding hydrogens is 295 g/mol. The average Bonchev–Trinajstić information content (AvgIpc) is 2.56. The van der Waals surface area contributed by atoms with Gasteiger partial charge in [-0.05, 0) is 38.1 Å². The van der Waals surface area contributed by atoms with Crippen LogP contribution in [0.3, 0.4) is 0 Å². The van der Waals surface area contributed by atoms with Gasteiger partial charge < -0.3 is 15.4 Å². The standard InChI is InChI=1S/C18H21FN2O2/c1-12(14-8-4-7-11-17(14)23-3)20-13(2)18(22)21-16-10-6-5-9-15(16)19/h4-13,20H,1-3H3,(H,21,22)/p+1/t12-,13-/m0/s1. The van der Waals surface area contributed by atoms with Crippen LogP contribution in [0.15, 0.2) is 48.5 Å². The fourth-order valence-electron chi connectivity index (χ4n) is 2.48. The highest BCUT2D eigenvalue weighted by Crippen LogP contribution is 2.22. The Bertz CT molecular complexity index is 676. The van der Waals surface area contributed by atoms with E-state index in [1.54, 1.807) is 32.2 Å². The normalized spacial score (nSPS) is 13.2. The predicted molar refractivity (Wildman–Crippen MR) is 87.8 cm³/mol. The van der Waals surface area contributed by atoms with Gasteiger partial charge >= 0.3 is 0 Å². The molecule has 5 heteroatoms. The quantitative estimate of drug-likeness (QED) is 0.860. The Morgan fingerprint density at radius 1 is 1.13 bits per heavy atom. The highest BCUT2D eigenvalue weighted by molar-refractivity contribution is 5.93.